The van der Waals surface area contributed by atoms with E-state index >= 15 is 0 Å². The topological polar surface area (TPSA) is 75.7 Å². The van der Waals surface area contributed by atoms with Crippen LogP contribution in [-0.4, -0.2) is 44.4 Å². The molecule has 2 aliphatic heterocycles. The second kappa shape index (κ2) is 8.03. The number of fused-ring (bicyclic) bond motifs is 1. The molecule has 0 aliphatic carbocycles. The number of benzene rings is 2. The highest BCUT2D eigenvalue weighted by Crippen LogP contribution is 2.25. The fraction of sp³-hybridized carbons (Fsp3) is 0.381. The average molecular weight is 401 g/mol. The van der Waals surface area contributed by atoms with E-state index in [2.05, 4.69) is 5.32 Å². The van der Waals surface area contributed by atoms with E-state index in [4.69, 9.17) is 4.74 Å². The van der Waals surface area contributed by atoms with Crippen molar-refractivity contribution in [3.8, 4) is 0 Å². The van der Waals surface area contributed by atoms with Crippen LogP contribution in [0.25, 0.3) is 0 Å². The molecular formula is C21H24N2O4S. The normalized spacial score (nSPS) is 19.9. The number of hydrogen-bond donors (Lipinski definition) is 1. The van der Waals surface area contributed by atoms with Gasteiger partial charge in [0.1, 0.15) is 0 Å². The summed E-state index contributed by atoms with van der Waals surface area (Å²) in [6.45, 7) is 1.97. The highest BCUT2D eigenvalue weighted by molar-refractivity contribution is 7.89. The Bertz CT molecular complexity index is 968. The van der Waals surface area contributed by atoms with Gasteiger partial charge < -0.3 is 10.1 Å². The Kier molecular flexibility index (Phi) is 5.48. The van der Waals surface area contributed by atoms with E-state index in [0.717, 1.165) is 25.0 Å². The Hall–Kier alpha value is -2.22. The standard InChI is InChI=1S/C21H24N2O4S/c24-21(22-14-19-8-4-12-27-19)17-7-3-9-20(13-17)28(25,26)23-11-10-16-5-1-2-6-18(16)15-23/h1-3,5-7,9,13,19H,4,8,10-12,14-15H2,(H,22,24)/t19-/m1/s1. The van der Waals surface area contributed by atoms with Crippen molar-refractivity contribution < 1.29 is 17.9 Å². The van der Waals surface area contributed by atoms with Crippen LogP contribution in [0.3, 0.4) is 0 Å². The van der Waals surface area contributed by atoms with E-state index in [9.17, 15) is 13.2 Å². The summed E-state index contributed by atoms with van der Waals surface area (Å²) >= 11 is 0. The summed E-state index contributed by atoms with van der Waals surface area (Å²) in [4.78, 5) is 12.6. The van der Waals surface area contributed by atoms with Gasteiger partial charge in [0.15, 0.2) is 0 Å². The van der Waals surface area contributed by atoms with E-state index in [-0.39, 0.29) is 16.9 Å². The van der Waals surface area contributed by atoms with E-state index in [1.165, 1.54) is 15.9 Å². The minimum atomic E-state index is -3.66. The molecule has 1 amide bonds. The summed E-state index contributed by atoms with van der Waals surface area (Å²) < 4.78 is 33.2. The zero-order chi connectivity index (χ0) is 19.6. The van der Waals surface area contributed by atoms with Crippen molar-refractivity contribution in [1.82, 2.24) is 9.62 Å². The third-order valence-corrected chi connectivity index (χ3v) is 7.19. The van der Waals surface area contributed by atoms with Gasteiger partial charge in [0.2, 0.25) is 10.0 Å². The highest BCUT2D eigenvalue weighted by atomic mass is 32.2. The molecule has 28 heavy (non-hydrogen) atoms. The lowest BCUT2D eigenvalue weighted by Gasteiger charge is -2.28. The molecule has 2 aliphatic rings. The number of amides is 1. The molecule has 0 bridgehead atoms. The van der Waals surface area contributed by atoms with Gasteiger partial charge in [-0.15, -0.1) is 0 Å². The molecule has 2 heterocycles. The lowest BCUT2D eigenvalue weighted by Crippen LogP contribution is -2.36. The molecule has 0 aromatic heterocycles. The number of hydrogen-bond acceptors (Lipinski definition) is 4. The lowest BCUT2D eigenvalue weighted by atomic mass is 10.0. The maximum Gasteiger partial charge on any atom is 0.251 e. The Morgan fingerprint density at radius 3 is 2.75 bits per heavy atom. The number of ether oxygens (including phenoxy) is 1. The van der Waals surface area contributed by atoms with Gasteiger partial charge in [-0.3, -0.25) is 4.79 Å². The third-order valence-electron chi connectivity index (χ3n) is 5.34. The monoisotopic (exact) mass is 400 g/mol. The molecule has 0 saturated carbocycles. The Labute approximate surface area is 165 Å². The molecule has 0 radical (unpaired) electrons. The van der Waals surface area contributed by atoms with Gasteiger partial charge in [-0.1, -0.05) is 30.3 Å². The van der Waals surface area contributed by atoms with Crippen LogP contribution in [0.4, 0.5) is 0 Å². The van der Waals surface area contributed by atoms with Crippen LogP contribution in [0, 0.1) is 0 Å². The lowest BCUT2D eigenvalue weighted by molar-refractivity contribution is 0.0857. The fourth-order valence-corrected chi connectivity index (χ4v) is 5.20. The first kappa shape index (κ1) is 19.1. The van der Waals surface area contributed by atoms with Crippen LogP contribution >= 0.6 is 0 Å². The molecule has 1 N–H and O–H groups in total. The zero-order valence-corrected chi connectivity index (χ0v) is 16.5. The number of carbonyl (C=O) groups is 1. The predicted molar refractivity (Wildman–Crippen MR) is 105 cm³/mol. The first-order chi connectivity index (χ1) is 13.5. The van der Waals surface area contributed by atoms with E-state index in [0.29, 0.717) is 31.6 Å². The Morgan fingerprint density at radius 2 is 1.96 bits per heavy atom. The van der Waals surface area contributed by atoms with Crippen molar-refractivity contribution in [3.63, 3.8) is 0 Å². The maximum atomic E-state index is 13.1. The van der Waals surface area contributed by atoms with E-state index < -0.39 is 10.0 Å². The van der Waals surface area contributed by atoms with Gasteiger partial charge in [-0.25, -0.2) is 8.42 Å². The molecule has 0 unspecified atom stereocenters. The van der Waals surface area contributed by atoms with Gasteiger partial charge in [-0.05, 0) is 48.6 Å². The van der Waals surface area contributed by atoms with Gasteiger partial charge >= 0.3 is 0 Å². The van der Waals surface area contributed by atoms with E-state index in [1.807, 2.05) is 24.3 Å². The van der Waals surface area contributed by atoms with Crippen molar-refractivity contribution in [3.05, 3.63) is 65.2 Å². The minimum Gasteiger partial charge on any atom is -0.376 e. The zero-order valence-electron chi connectivity index (χ0n) is 15.6. The number of nitrogens with one attached hydrogen (secondary N) is 1. The molecule has 6 nitrogen and oxygen atoms in total. The summed E-state index contributed by atoms with van der Waals surface area (Å²) in [5.41, 5.74) is 2.57. The second-order valence-corrected chi connectivity index (χ2v) is 9.17. The SMILES string of the molecule is O=C(NC[C@H]1CCCO1)c1cccc(S(=O)(=O)N2CCc3ccccc3C2)c1. The predicted octanol–water partition coefficient (Wildman–Crippen LogP) is 2.34. The smallest absolute Gasteiger partial charge is 0.251 e. The summed E-state index contributed by atoms with van der Waals surface area (Å²) in [5.74, 6) is -0.281. The fourth-order valence-electron chi connectivity index (χ4n) is 3.74. The van der Waals surface area contributed by atoms with Crippen LogP contribution in [0.5, 0.6) is 0 Å². The quantitative estimate of drug-likeness (QED) is 0.836. The van der Waals surface area contributed by atoms with Gasteiger partial charge in [0.05, 0.1) is 11.0 Å². The molecule has 0 spiro atoms. The van der Waals surface area contributed by atoms with Gasteiger partial charge in [0.25, 0.3) is 5.91 Å². The number of carbonyl (C=O) groups excluding carboxylic acids is 1. The first-order valence-electron chi connectivity index (χ1n) is 9.61. The average Bonchev–Trinajstić information content (AvgIpc) is 3.25. The summed E-state index contributed by atoms with van der Waals surface area (Å²) in [6, 6.07) is 14.2. The largest absolute Gasteiger partial charge is 0.376 e. The van der Waals surface area contributed by atoms with Crippen LogP contribution in [-0.2, 0) is 27.7 Å². The maximum absolute atomic E-state index is 13.1. The second-order valence-electron chi connectivity index (χ2n) is 7.23. The molecule has 7 heteroatoms. The minimum absolute atomic E-state index is 0.0456. The van der Waals surface area contributed by atoms with Crippen molar-refractivity contribution in [2.45, 2.75) is 36.8 Å². The number of nitrogens with zero attached hydrogens (tertiary/aromatic N) is 1. The molecule has 1 saturated heterocycles. The molecule has 4 rings (SSSR count). The molecule has 1 atom stereocenters. The molecule has 2 aromatic carbocycles. The Morgan fingerprint density at radius 1 is 1.14 bits per heavy atom. The Balaban J connectivity index is 1.49. The van der Waals surface area contributed by atoms with Crippen molar-refractivity contribution in [1.29, 1.82) is 0 Å². The van der Waals surface area contributed by atoms with Crippen LogP contribution < -0.4 is 5.32 Å². The molecule has 2 aromatic rings. The van der Waals surface area contributed by atoms with Crippen LogP contribution in [0.15, 0.2) is 53.4 Å². The molecule has 1 fully saturated rings. The molecular weight excluding hydrogens is 376 g/mol. The van der Waals surface area contributed by atoms with Crippen LogP contribution in [0.1, 0.15) is 34.3 Å². The summed E-state index contributed by atoms with van der Waals surface area (Å²) in [6.07, 6.45) is 2.68. The van der Waals surface area contributed by atoms with Crippen molar-refractivity contribution >= 4 is 15.9 Å². The highest BCUT2D eigenvalue weighted by Gasteiger charge is 2.28. The van der Waals surface area contributed by atoms with Crippen molar-refractivity contribution in [2.75, 3.05) is 19.7 Å². The number of rotatable bonds is 5. The number of sulfonamides is 1. The van der Waals surface area contributed by atoms with E-state index in [1.54, 1.807) is 18.2 Å². The first-order valence-corrected chi connectivity index (χ1v) is 11.0. The van der Waals surface area contributed by atoms with Gasteiger partial charge in [-0.2, -0.15) is 4.31 Å². The summed E-state index contributed by atoms with van der Waals surface area (Å²) in [5, 5.41) is 2.84. The van der Waals surface area contributed by atoms with Crippen molar-refractivity contribution in [2.24, 2.45) is 0 Å². The third kappa shape index (κ3) is 3.97. The molecule has 148 valence electrons. The summed E-state index contributed by atoms with van der Waals surface area (Å²) in [7, 11) is -3.66. The van der Waals surface area contributed by atoms with Gasteiger partial charge in [0, 0.05) is 31.8 Å². The van der Waals surface area contributed by atoms with Crippen LogP contribution in [0.2, 0.25) is 0 Å².